The van der Waals surface area contributed by atoms with E-state index in [1.165, 1.54) is 4.90 Å². The summed E-state index contributed by atoms with van der Waals surface area (Å²) in [5, 5.41) is 6.31. The number of likely N-dealkylation sites (N-methyl/N-ethyl adjacent to an activating group) is 1. The van der Waals surface area contributed by atoms with Gasteiger partial charge in [0, 0.05) is 45.0 Å². The number of carbonyl (C=O) groups excluding carboxylic acids is 2. The van der Waals surface area contributed by atoms with Crippen LogP contribution in [0.1, 0.15) is 30.4 Å². The van der Waals surface area contributed by atoms with Crippen LogP contribution in [-0.4, -0.2) is 84.7 Å². The van der Waals surface area contributed by atoms with Crippen molar-refractivity contribution in [1.82, 2.24) is 19.8 Å². The Hall–Kier alpha value is -2.55. The number of amides is 3. The highest BCUT2D eigenvalue weighted by molar-refractivity contribution is 14.1. The Bertz CT molecular complexity index is 1140. The lowest BCUT2D eigenvalue weighted by Gasteiger charge is -2.32. The van der Waals surface area contributed by atoms with Crippen LogP contribution in [0.5, 0.6) is 0 Å². The molecular weight excluding hydrogens is 577 g/mol. The Kier molecular flexibility index (Phi) is 7.55. The van der Waals surface area contributed by atoms with Crippen LogP contribution in [0.2, 0.25) is 0 Å². The minimum Gasteiger partial charge on any atom is -0.381 e. The van der Waals surface area contributed by atoms with Crippen LogP contribution < -0.4 is 15.5 Å². The van der Waals surface area contributed by atoms with Crippen LogP contribution >= 0.6 is 22.6 Å². The van der Waals surface area contributed by atoms with E-state index in [-0.39, 0.29) is 11.9 Å². The van der Waals surface area contributed by atoms with Crippen LogP contribution in [0.4, 0.5) is 22.1 Å². The maximum absolute atomic E-state index is 13.0. The molecule has 3 fully saturated rings. The van der Waals surface area contributed by atoms with Gasteiger partial charge < -0.3 is 19.7 Å². The summed E-state index contributed by atoms with van der Waals surface area (Å²) in [6.07, 6.45) is 3.42. The summed E-state index contributed by atoms with van der Waals surface area (Å²) in [5.74, 6) is 0.976. The molecule has 4 heterocycles. The standard InChI is InChI=1S/C24H30IN7O4/c1-30-7-8-32(21(33)14-30)13-15-3-6-20(29-22(15)23-35-9-10-36-23)31(2)24(34)28-19-11-18(17(25)12-26-19)27-16-4-5-16/h3,6,11-12,16,23H,4-5,7-10,13-14H2,1-2H3,(H2,26,27,28,34). The van der Waals surface area contributed by atoms with Crippen LogP contribution in [0.15, 0.2) is 24.4 Å². The molecule has 0 aromatic carbocycles. The number of nitrogens with zero attached hydrogens (tertiary/aromatic N) is 5. The number of urea groups is 1. The summed E-state index contributed by atoms with van der Waals surface area (Å²) in [5.41, 5.74) is 2.39. The highest BCUT2D eigenvalue weighted by atomic mass is 127. The number of anilines is 3. The van der Waals surface area contributed by atoms with Crippen molar-refractivity contribution in [3.8, 4) is 0 Å². The van der Waals surface area contributed by atoms with Gasteiger partial charge in [0.05, 0.1) is 29.0 Å². The van der Waals surface area contributed by atoms with Crippen molar-refractivity contribution in [2.75, 3.05) is 62.5 Å². The smallest absolute Gasteiger partial charge is 0.328 e. The molecule has 0 radical (unpaired) electrons. The first kappa shape index (κ1) is 25.1. The fourth-order valence-corrected chi connectivity index (χ4v) is 4.55. The Morgan fingerprint density at radius 3 is 2.75 bits per heavy atom. The Morgan fingerprint density at radius 2 is 2.03 bits per heavy atom. The number of nitrogens with one attached hydrogen (secondary N) is 2. The molecule has 5 rings (SSSR count). The van der Waals surface area contributed by atoms with Crippen LogP contribution in [0, 0.1) is 3.57 Å². The molecule has 192 valence electrons. The summed E-state index contributed by atoms with van der Waals surface area (Å²) >= 11 is 2.23. The average Bonchev–Trinajstić information content (AvgIpc) is 3.51. The van der Waals surface area contributed by atoms with Crippen molar-refractivity contribution in [3.05, 3.63) is 39.2 Å². The van der Waals surface area contributed by atoms with Gasteiger partial charge in [-0.3, -0.25) is 19.9 Å². The highest BCUT2D eigenvalue weighted by Crippen LogP contribution is 2.30. The van der Waals surface area contributed by atoms with Gasteiger partial charge >= 0.3 is 6.03 Å². The lowest BCUT2D eigenvalue weighted by atomic mass is 10.1. The number of rotatable bonds is 7. The van der Waals surface area contributed by atoms with Gasteiger partial charge in [-0.1, -0.05) is 6.07 Å². The van der Waals surface area contributed by atoms with Gasteiger partial charge in [-0.2, -0.15) is 0 Å². The molecule has 12 heteroatoms. The molecular formula is C24H30IN7O4. The fraction of sp³-hybridized carbons (Fsp3) is 0.500. The molecule has 0 unspecified atom stereocenters. The first-order chi connectivity index (χ1) is 17.4. The van der Waals surface area contributed by atoms with Crippen LogP contribution in [-0.2, 0) is 20.8 Å². The molecule has 2 saturated heterocycles. The number of ether oxygens (including phenoxy) is 2. The van der Waals surface area contributed by atoms with Gasteiger partial charge in [-0.25, -0.2) is 14.8 Å². The molecule has 1 aliphatic carbocycles. The molecule has 1 saturated carbocycles. The molecule has 3 aliphatic rings. The minimum absolute atomic E-state index is 0.0732. The van der Waals surface area contributed by atoms with Gasteiger partial charge in [0.25, 0.3) is 0 Å². The Balaban J connectivity index is 1.32. The first-order valence-corrected chi connectivity index (χ1v) is 13.1. The SMILES string of the molecule is CN1CCN(Cc2ccc(N(C)C(=O)Nc3cc(NC4CC4)c(I)cn3)nc2C2OCCO2)C(=O)C1. The number of hydrogen-bond donors (Lipinski definition) is 2. The van der Waals surface area contributed by atoms with Crippen LogP contribution in [0.3, 0.4) is 0 Å². The third-order valence-electron chi connectivity index (χ3n) is 6.39. The molecule has 0 atom stereocenters. The van der Waals surface area contributed by atoms with E-state index in [2.05, 4.69) is 38.2 Å². The van der Waals surface area contributed by atoms with Gasteiger partial charge in [0.15, 0.2) is 0 Å². The van der Waals surface area contributed by atoms with Gasteiger partial charge in [0.2, 0.25) is 12.2 Å². The molecule has 0 bridgehead atoms. The Labute approximate surface area is 223 Å². The third kappa shape index (κ3) is 5.88. The largest absolute Gasteiger partial charge is 0.381 e. The topological polar surface area (TPSA) is 112 Å². The van der Waals surface area contributed by atoms with Crippen molar-refractivity contribution in [1.29, 1.82) is 0 Å². The molecule has 2 aromatic heterocycles. The molecule has 36 heavy (non-hydrogen) atoms. The van der Waals surface area contributed by atoms with E-state index in [1.54, 1.807) is 19.3 Å². The second-order valence-electron chi connectivity index (χ2n) is 9.30. The van der Waals surface area contributed by atoms with E-state index < -0.39 is 6.29 Å². The van der Waals surface area contributed by atoms with Crippen LogP contribution in [0.25, 0.3) is 0 Å². The summed E-state index contributed by atoms with van der Waals surface area (Å²) in [6, 6.07) is 5.64. The van der Waals surface area contributed by atoms with Crippen molar-refractivity contribution < 1.29 is 19.1 Å². The summed E-state index contributed by atoms with van der Waals surface area (Å²) < 4.78 is 12.5. The predicted octanol–water partition coefficient (Wildman–Crippen LogP) is 2.64. The van der Waals surface area contributed by atoms with E-state index in [9.17, 15) is 9.59 Å². The predicted molar refractivity (Wildman–Crippen MR) is 143 cm³/mol. The van der Waals surface area contributed by atoms with Gasteiger partial charge in [-0.05, 0) is 54.1 Å². The van der Waals surface area contributed by atoms with Crippen molar-refractivity contribution >= 4 is 51.9 Å². The minimum atomic E-state index is -0.632. The van der Waals surface area contributed by atoms with E-state index in [1.807, 2.05) is 29.0 Å². The van der Waals surface area contributed by atoms with E-state index in [0.29, 0.717) is 56.2 Å². The van der Waals surface area contributed by atoms with Crippen molar-refractivity contribution in [2.45, 2.75) is 31.7 Å². The number of hydrogen-bond acceptors (Lipinski definition) is 8. The van der Waals surface area contributed by atoms with Crippen molar-refractivity contribution in [2.24, 2.45) is 0 Å². The molecule has 11 nitrogen and oxygen atoms in total. The van der Waals surface area contributed by atoms with E-state index in [0.717, 1.165) is 34.2 Å². The number of pyridine rings is 2. The molecule has 2 aromatic rings. The number of carbonyl (C=O) groups is 2. The zero-order valence-corrected chi connectivity index (χ0v) is 22.5. The quantitative estimate of drug-likeness (QED) is 0.463. The normalized spacial score (nSPS) is 19.0. The van der Waals surface area contributed by atoms with Gasteiger partial charge in [0.1, 0.15) is 17.3 Å². The number of aromatic nitrogens is 2. The first-order valence-electron chi connectivity index (χ1n) is 12.0. The molecule has 2 N–H and O–H groups in total. The fourth-order valence-electron chi connectivity index (χ4n) is 4.10. The third-order valence-corrected chi connectivity index (χ3v) is 7.25. The summed E-state index contributed by atoms with van der Waals surface area (Å²) in [7, 11) is 3.59. The van der Waals surface area contributed by atoms with E-state index in [4.69, 9.17) is 14.5 Å². The average molecular weight is 607 g/mol. The monoisotopic (exact) mass is 607 g/mol. The second-order valence-corrected chi connectivity index (χ2v) is 10.5. The highest BCUT2D eigenvalue weighted by Gasteiger charge is 2.28. The Morgan fingerprint density at radius 1 is 1.25 bits per heavy atom. The number of halogens is 1. The zero-order valence-electron chi connectivity index (χ0n) is 20.4. The maximum Gasteiger partial charge on any atom is 0.328 e. The number of piperazine rings is 1. The maximum atomic E-state index is 13.0. The van der Waals surface area contributed by atoms with E-state index >= 15 is 0 Å². The van der Waals surface area contributed by atoms with Crippen molar-refractivity contribution in [3.63, 3.8) is 0 Å². The molecule has 3 amide bonds. The lowest BCUT2D eigenvalue weighted by molar-refractivity contribution is -0.136. The molecule has 0 spiro atoms. The second kappa shape index (κ2) is 10.8. The van der Waals surface area contributed by atoms with Gasteiger partial charge in [-0.15, -0.1) is 0 Å². The summed E-state index contributed by atoms with van der Waals surface area (Å²) in [6.45, 7) is 3.20. The summed E-state index contributed by atoms with van der Waals surface area (Å²) in [4.78, 5) is 39.9. The zero-order chi connectivity index (χ0) is 25.2. The lowest BCUT2D eigenvalue weighted by Crippen LogP contribution is -2.48. The molecule has 2 aliphatic heterocycles.